The molecule has 0 radical (unpaired) electrons. The van der Waals surface area contributed by atoms with Gasteiger partial charge in [-0.1, -0.05) is 13.8 Å². The Labute approximate surface area is 168 Å². The van der Waals surface area contributed by atoms with E-state index >= 15 is 0 Å². The fourth-order valence-electron chi connectivity index (χ4n) is 3.34. The summed E-state index contributed by atoms with van der Waals surface area (Å²) in [6.45, 7) is 9.62. The van der Waals surface area contributed by atoms with Gasteiger partial charge < -0.3 is 35.1 Å². The average Bonchev–Trinajstić information content (AvgIpc) is 2.69. The molecule has 7 nitrogen and oxygen atoms in total. The lowest BCUT2D eigenvalue weighted by molar-refractivity contribution is -0.217. The summed E-state index contributed by atoms with van der Waals surface area (Å²) in [4.78, 5) is 4.44. The topological polar surface area (TPSA) is 72.2 Å². The van der Waals surface area contributed by atoms with Crippen LogP contribution >= 0.6 is 0 Å². The summed E-state index contributed by atoms with van der Waals surface area (Å²) in [5.74, 6) is 0. The van der Waals surface area contributed by atoms with Crippen LogP contribution < -0.4 is 20.9 Å². The van der Waals surface area contributed by atoms with E-state index in [0.717, 1.165) is 37.6 Å². The maximum absolute atomic E-state index is 6.38. The van der Waals surface area contributed by atoms with Gasteiger partial charge >= 0.3 is 0 Å². The third-order valence-corrected chi connectivity index (χ3v) is 5.01. The van der Waals surface area contributed by atoms with Crippen LogP contribution in [0.25, 0.3) is 5.70 Å². The highest BCUT2D eigenvalue weighted by Gasteiger charge is 2.27. The van der Waals surface area contributed by atoms with Gasteiger partial charge in [0.1, 0.15) is 0 Å². The number of benzene rings is 1. The molecule has 28 heavy (non-hydrogen) atoms. The van der Waals surface area contributed by atoms with Crippen molar-refractivity contribution in [2.24, 2.45) is 11.1 Å². The van der Waals surface area contributed by atoms with Gasteiger partial charge in [-0.25, -0.2) is 0 Å². The summed E-state index contributed by atoms with van der Waals surface area (Å²) in [6.07, 6.45) is 1.59. The molecule has 0 aromatic heterocycles. The van der Waals surface area contributed by atoms with Crippen LogP contribution in [0.1, 0.15) is 19.4 Å². The maximum atomic E-state index is 6.38. The smallest absolute Gasteiger partial charge is 0.174 e. The maximum Gasteiger partial charge on any atom is 0.174 e. The molecule has 0 bridgehead atoms. The standard InChI is InChI=1S/C21H34N4O3/c1-21(2)14-27-20(28-15-21)13-23-12-18(22)17-6-5-16(11-19(17)24(3)4)25-7-9-26-10-8-25/h5-6,11-12,20,23H,7-10,13-15,22H2,1-4H3/b18-12-. The molecule has 0 spiro atoms. The van der Waals surface area contributed by atoms with E-state index < -0.39 is 0 Å². The second kappa shape index (κ2) is 9.03. The Hall–Kier alpha value is -1.96. The van der Waals surface area contributed by atoms with E-state index in [2.05, 4.69) is 47.2 Å². The highest BCUT2D eigenvalue weighted by atomic mass is 16.7. The first-order valence-corrected chi connectivity index (χ1v) is 9.92. The zero-order valence-electron chi connectivity index (χ0n) is 17.5. The molecule has 2 heterocycles. The lowest BCUT2D eigenvalue weighted by Gasteiger charge is -2.34. The Bertz CT molecular complexity index is 674. The van der Waals surface area contributed by atoms with E-state index in [1.165, 1.54) is 5.69 Å². The molecule has 1 aromatic carbocycles. The second-order valence-electron chi connectivity index (χ2n) is 8.42. The number of nitrogens with two attached hydrogens (primary N) is 1. The van der Waals surface area contributed by atoms with Crippen molar-refractivity contribution in [2.75, 3.05) is 70.0 Å². The largest absolute Gasteiger partial charge is 0.397 e. The summed E-state index contributed by atoms with van der Waals surface area (Å²) >= 11 is 0. The van der Waals surface area contributed by atoms with Gasteiger partial charge in [-0.15, -0.1) is 0 Å². The molecule has 7 heteroatoms. The van der Waals surface area contributed by atoms with Crippen molar-refractivity contribution in [2.45, 2.75) is 20.1 Å². The first kappa shape index (κ1) is 20.8. The summed E-state index contributed by atoms with van der Waals surface area (Å²) in [6, 6.07) is 6.41. The van der Waals surface area contributed by atoms with Crippen molar-refractivity contribution in [3.63, 3.8) is 0 Å². The minimum Gasteiger partial charge on any atom is -0.397 e. The van der Waals surface area contributed by atoms with Crippen LogP contribution in [0.5, 0.6) is 0 Å². The number of ether oxygens (including phenoxy) is 3. The monoisotopic (exact) mass is 390 g/mol. The van der Waals surface area contributed by atoms with Crippen molar-refractivity contribution < 1.29 is 14.2 Å². The number of hydrogen-bond donors (Lipinski definition) is 2. The fourth-order valence-corrected chi connectivity index (χ4v) is 3.34. The second-order valence-corrected chi connectivity index (χ2v) is 8.42. The number of hydrogen-bond acceptors (Lipinski definition) is 7. The minimum absolute atomic E-state index is 0.0776. The molecule has 3 rings (SSSR count). The molecule has 156 valence electrons. The SMILES string of the molecule is CN(C)c1cc(N2CCOCC2)ccc1/C(N)=C/NCC1OCC(C)(C)CO1. The van der Waals surface area contributed by atoms with Gasteiger partial charge in [0.2, 0.25) is 0 Å². The van der Waals surface area contributed by atoms with Gasteiger partial charge in [0, 0.05) is 55.7 Å². The highest BCUT2D eigenvalue weighted by molar-refractivity contribution is 5.78. The first-order chi connectivity index (χ1) is 13.4. The van der Waals surface area contributed by atoms with Crippen LogP contribution in [0.2, 0.25) is 0 Å². The van der Waals surface area contributed by atoms with Crippen molar-refractivity contribution in [1.82, 2.24) is 5.32 Å². The van der Waals surface area contributed by atoms with Crippen molar-refractivity contribution in [1.29, 1.82) is 0 Å². The van der Waals surface area contributed by atoms with Crippen LogP contribution in [-0.2, 0) is 14.2 Å². The fraction of sp³-hybridized carbons (Fsp3) is 0.619. The Morgan fingerprint density at radius 3 is 2.57 bits per heavy atom. The molecular weight excluding hydrogens is 356 g/mol. The van der Waals surface area contributed by atoms with Gasteiger partial charge in [0.15, 0.2) is 6.29 Å². The summed E-state index contributed by atoms with van der Waals surface area (Å²) < 4.78 is 17.0. The lowest BCUT2D eigenvalue weighted by atomic mass is 9.96. The van der Waals surface area contributed by atoms with E-state index in [9.17, 15) is 0 Å². The minimum atomic E-state index is -0.242. The lowest BCUT2D eigenvalue weighted by Crippen LogP contribution is -2.41. The van der Waals surface area contributed by atoms with Crippen LogP contribution in [0.3, 0.4) is 0 Å². The zero-order chi connectivity index (χ0) is 20.1. The molecule has 2 fully saturated rings. The van der Waals surface area contributed by atoms with E-state index in [1.54, 1.807) is 0 Å². The summed E-state index contributed by atoms with van der Waals surface area (Å²) in [5, 5.41) is 3.24. The van der Waals surface area contributed by atoms with Crippen LogP contribution in [0.15, 0.2) is 24.4 Å². The van der Waals surface area contributed by atoms with Gasteiger partial charge in [-0.2, -0.15) is 0 Å². The predicted octanol–water partition coefficient (Wildman–Crippen LogP) is 1.84. The molecule has 0 amide bonds. The molecule has 0 saturated carbocycles. The molecule has 3 N–H and O–H groups in total. The Morgan fingerprint density at radius 2 is 1.93 bits per heavy atom. The quantitative estimate of drug-likeness (QED) is 0.768. The van der Waals surface area contributed by atoms with E-state index in [0.29, 0.717) is 25.5 Å². The van der Waals surface area contributed by atoms with Gasteiger partial charge in [-0.05, 0) is 18.2 Å². The predicted molar refractivity (Wildman–Crippen MR) is 113 cm³/mol. The molecule has 2 saturated heterocycles. The van der Waals surface area contributed by atoms with E-state index in [4.69, 9.17) is 19.9 Å². The van der Waals surface area contributed by atoms with E-state index in [1.807, 2.05) is 20.3 Å². The number of morpholine rings is 1. The molecular formula is C21H34N4O3. The van der Waals surface area contributed by atoms with Crippen LogP contribution in [-0.4, -0.2) is 66.4 Å². The molecule has 0 atom stereocenters. The van der Waals surface area contributed by atoms with Crippen LogP contribution in [0.4, 0.5) is 11.4 Å². The average molecular weight is 391 g/mol. The first-order valence-electron chi connectivity index (χ1n) is 9.92. The number of nitrogens with one attached hydrogen (secondary N) is 1. The zero-order valence-corrected chi connectivity index (χ0v) is 17.5. The van der Waals surface area contributed by atoms with E-state index in [-0.39, 0.29) is 11.7 Å². The molecule has 2 aliphatic heterocycles. The third-order valence-electron chi connectivity index (χ3n) is 5.01. The van der Waals surface area contributed by atoms with Crippen LogP contribution in [0, 0.1) is 5.41 Å². The van der Waals surface area contributed by atoms with Crippen molar-refractivity contribution in [3.8, 4) is 0 Å². The number of nitrogens with zero attached hydrogens (tertiary/aromatic N) is 2. The summed E-state index contributed by atoms with van der Waals surface area (Å²) in [5.41, 5.74) is 10.4. The number of rotatable bonds is 6. The van der Waals surface area contributed by atoms with Crippen molar-refractivity contribution in [3.05, 3.63) is 30.0 Å². The van der Waals surface area contributed by atoms with Gasteiger partial charge in [0.05, 0.1) is 38.7 Å². The normalized spacial score (nSPS) is 20.9. The molecule has 1 aromatic rings. The molecule has 0 unspecified atom stereocenters. The van der Waals surface area contributed by atoms with Crippen molar-refractivity contribution >= 4 is 17.1 Å². The Balaban J connectivity index is 1.64. The Kier molecular flexibility index (Phi) is 6.69. The molecule has 0 aliphatic carbocycles. The third kappa shape index (κ3) is 5.31. The summed E-state index contributed by atoms with van der Waals surface area (Å²) in [7, 11) is 4.07. The van der Waals surface area contributed by atoms with Gasteiger partial charge in [-0.3, -0.25) is 0 Å². The number of anilines is 2. The molecule has 2 aliphatic rings. The Morgan fingerprint density at radius 1 is 1.25 bits per heavy atom. The van der Waals surface area contributed by atoms with Gasteiger partial charge in [0.25, 0.3) is 0 Å². The highest BCUT2D eigenvalue weighted by Crippen LogP contribution is 2.29.